The van der Waals surface area contributed by atoms with Gasteiger partial charge in [0.25, 0.3) is 5.56 Å². The summed E-state index contributed by atoms with van der Waals surface area (Å²) < 4.78 is 19.0. The standard InChI is InChI=1S/C34H37N3O7/c1-5-19(2)30(34(41)36-16-21-14-23(18-36)26-7-6-8-29(40)37(26)17-21)35-28(39)15-25-31(22-9-11-24(42-4)12-10-22)44-33-27(38)13-20(3)43-32(25)33/h6-13,19,21,23,30H,5,14-18H2,1-4H3,(H,35,39). The Bertz CT molecular complexity index is 1830. The summed E-state index contributed by atoms with van der Waals surface area (Å²) in [5.41, 5.74) is 1.98. The lowest BCUT2D eigenvalue weighted by molar-refractivity contribution is -0.140. The van der Waals surface area contributed by atoms with E-state index in [1.165, 1.54) is 6.07 Å². The molecule has 1 saturated heterocycles. The van der Waals surface area contributed by atoms with Gasteiger partial charge in [0.05, 0.1) is 19.1 Å². The second-order valence-electron chi connectivity index (χ2n) is 12.1. The number of ether oxygens (including phenoxy) is 1. The van der Waals surface area contributed by atoms with E-state index in [-0.39, 0.29) is 58.1 Å². The molecule has 5 heterocycles. The molecule has 10 nitrogen and oxygen atoms in total. The van der Waals surface area contributed by atoms with Gasteiger partial charge in [-0.05, 0) is 55.5 Å². The van der Waals surface area contributed by atoms with Crippen molar-refractivity contribution >= 4 is 23.0 Å². The molecule has 230 valence electrons. The number of aryl methyl sites for hydroxylation is 1. The van der Waals surface area contributed by atoms with E-state index in [9.17, 15) is 19.2 Å². The average Bonchev–Trinajstić information content (AvgIpc) is 3.37. The molecule has 1 N–H and O–H groups in total. The van der Waals surface area contributed by atoms with Gasteiger partial charge in [-0.25, -0.2) is 0 Å². The number of fused-ring (bicyclic) bond motifs is 5. The van der Waals surface area contributed by atoms with Crippen LogP contribution in [0, 0.1) is 18.8 Å². The van der Waals surface area contributed by atoms with E-state index in [4.69, 9.17) is 13.6 Å². The second kappa shape index (κ2) is 11.8. The first-order valence-electron chi connectivity index (χ1n) is 15.1. The van der Waals surface area contributed by atoms with E-state index in [1.807, 2.05) is 29.4 Å². The van der Waals surface area contributed by atoms with Crippen molar-refractivity contribution in [2.24, 2.45) is 11.8 Å². The molecule has 4 aromatic rings. The largest absolute Gasteiger partial charge is 0.497 e. The number of pyridine rings is 1. The van der Waals surface area contributed by atoms with Gasteiger partial charge in [0, 0.05) is 48.9 Å². The van der Waals surface area contributed by atoms with E-state index in [0.29, 0.717) is 54.5 Å². The Labute approximate surface area is 254 Å². The highest BCUT2D eigenvalue weighted by atomic mass is 16.5. The highest BCUT2D eigenvalue weighted by Gasteiger charge is 2.39. The van der Waals surface area contributed by atoms with Gasteiger partial charge in [0.2, 0.25) is 22.8 Å². The van der Waals surface area contributed by atoms with Crippen LogP contribution in [-0.4, -0.2) is 47.5 Å². The van der Waals surface area contributed by atoms with Gasteiger partial charge in [0.1, 0.15) is 23.3 Å². The zero-order valence-electron chi connectivity index (χ0n) is 25.4. The number of amides is 2. The van der Waals surface area contributed by atoms with E-state index in [0.717, 1.165) is 12.1 Å². The fourth-order valence-corrected chi connectivity index (χ4v) is 6.64. The first-order valence-corrected chi connectivity index (χ1v) is 15.1. The first-order chi connectivity index (χ1) is 21.2. The zero-order valence-corrected chi connectivity index (χ0v) is 25.4. The van der Waals surface area contributed by atoms with E-state index in [1.54, 1.807) is 50.4 Å². The van der Waals surface area contributed by atoms with Gasteiger partial charge in [-0.1, -0.05) is 26.3 Å². The third-order valence-electron chi connectivity index (χ3n) is 9.06. The predicted octanol–water partition coefficient (Wildman–Crippen LogP) is 4.25. The summed E-state index contributed by atoms with van der Waals surface area (Å²) in [6.45, 7) is 7.25. The molecule has 3 aromatic heterocycles. The molecule has 4 atom stereocenters. The number of nitrogens with one attached hydrogen (secondary N) is 1. The number of likely N-dealkylation sites (tertiary alicyclic amines) is 1. The Morgan fingerprint density at radius 1 is 1.05 bits per heavy atom. The summed E-state index contributed by atoms with van der Waals surface area (Å²) in [6.07, 6.45) is 1.47. The van der Waals surface area contributed by atoms with Crippen molar-refractivity contribution in [3.05, 3.63) is 86.1 Å². The molecule has 0 spiro atoms. The quantitative estimate of drug-likeness (QED) is 0.321. The van der Waals surface area contributed by atoms with Gasteiger partial charge in [-0.3, -0.25) is 19.2 Å². The zero-order chi connectivity index (χ0) is 31.1. The SMILES string of the molecule is CCC(C)C(NC(=O)Cc1c(-c2ccc(OC)cc2)oc2c(=O)cc(C)oc12)C(=O)N1CC2CC(C1)c1cccc(=O)n1C2. The van der Waals surface area contributed by atoms with Crippen molar-refractivity contribution in [2.45, 2.75) is 58.5 Å². The van der Waals surface area contributed by atoms with Crippen LogP contribution in [0.25, 0.3) is 22.5 Å². The van der Waals surface area contributed by atoms with E-state index >= 15 is 0 Å². The fourth-order valence-electron chi connectivity index (χ4n) is 6.64. The maximum absolute atomic E-state index is 14.0. The van der Waals surface area contributed by atoms with Crippen molar-refractivity contribution in [3.8, 4) is 17.1 Å². The van der Waals surface area contributed by atoms with Gasteiger partial charge >= 0.3 is 0 Å². The molecule has 1 fully saturated rings. The molecule has 2 aliphatic rings. The third-order valence-corrected chi connectivity index (χ3v) is 9.06. The number of carbonyl (C=O) groups is 2. The smallest absolute Gasteiger partial charge is 0.250 e. The number of hydrogen-bond donors (Lipinski definition) is 1. The number of carbonyl (C=O) groups excluding carboxylic acids is 2. The van der Waals surface area contributed by atoms with Crippen LogP contribution < -0.4 is 21.0 Å². The lowest BCUT2D eigenvalue weighted by Crippen LogP contribution is -2.56. The molecule has 2 amide bonds. The average molecular weight is 600 g/mol. The molecule has 1 aromatic carbocycles. The van der Waals surface area contributed by atoms with Crippen LogP contribution in [0.1, 0.15) is 49.6 Å². The van der Waals surface area contributed by atoms with Gasteiger partial charge in [0.15, 0.2) is 5.58 Å². The van der Waals surface area contributed by atoms with E-state index in [2.05, 4.69) is 5.32 Å². The second-order valence-corrected chi connectivity index (χ2v) is 12.1. The Morgan fingerprint density at radius 3 is 2.55 bits per heavy atom. The molecule has 4 unspecified atom stereocenters. The summed E-state index contributed by atoms with van der Waals surface area (Å²) in [4.78, 5) is 54.9. The highest BCUT2D eigenvalue weighted by molar-refractivity contribution is 5.93. The van der Waals surface area contributed by atoms with Crippen LogP contribution in [0.2, 0.25) is 0 Å². The van der Waals surface area contributed by atoms with Crippen LogP contribution in [0.5, 0.6) is 5.75 Å². The van der Waals surface area contributed by atoms with Crippen molar-refractivity contribution < 1.29 is 23.2 Å². The Kier molecular flexibility index (Phi) is 7.92. The number of rotatable bonds is 8. The normalized spacial score (nSPS) is 18.9. The summed E-state index contributed by atoms with van der Waals surface area (Å²) in [7, 11) is 1.57. The van der Waals surface area contributed by atoms with Crippen molar-refractivity contribution in [2.75, 3.05) is 20.2 Å². The van der Waals surface area contributed by atoms with Gasteiger partial charge in [-0.2, -0.15) is 0 Å². The van der Waals surface area contributed by atoms with Crippen molar-refractivity contribution in [1.29, 1.82) is 0 Å². The minimum Gasteiger partial charge on any atom is -0.497 e. The minimum atomic E-state index is -0.736. The van der Waals surface area contributed by atoms with Gasteiger partial charge < -0.3 is 28.4 Å². The summed E-state index contributed by atoms with van der Waals surface area (Å²) in [5, 5.41) is 3.02. The Morgan fingerprint density at radius 2 is 1.82 bits per heavy atom. The van der Waals surface area contributed by atoms with Crippen LogP contribution in [0.4, 0.5) is 0 Å². The van der Waals surface area contributed by atoms with Crippen LogP contribution in [0.15, 0.2) is 67.0 Å². The fraction of sp³-hybridized carbons (Fsp3) is 0.412. The summed E-state index contributed by atoms with van der Waals surface area (Å²) >= 11 is 0. The number of piperidine rings is 1. The first kappa shape index (κ1) is 29.5. The predicted molar refractivity (Wildman–Crippen MR) is 165 cm³/mol. The minimum absolute atomic E-state index is 0.00599. The number of hydrogen-bond acceptors (Lipinski definition) is 7. The van der Waals surface area contributed by atoms with Gasteiger partial charge in [-0.15, -0.1) is 0 Å². The van der Waals surface area contributed by atoms with Crippen LogP contribution in [0.3, 0.4) is 0 Å². The van der Waals surface area contributed by atoms with Crippen LogP contribution >= 0.6 is 0 Å². The number of benzene rings is 1. The number of nitrogens with zero attached hydrogens (tertiary/aromatic N) is 2. The number of methoxy groups -OCH3 is 1. The monoisotopic (exact) mass is 599 g/mol. The summed E-state index contributed by atoms with van der Waals surface area (Å²) in [5.74, 6) is 1.04. The highest BCUT2D eigenvalue weighted by Crippen LogP contribution is 2.36. The maximum Gasteiger partial charge on any atom is 0.250 e. The number of furan rings is 1. The molecule has 0 saturated carbocycles. The molecule has 2 bridgehead atoms. The maximum atomic E-state index is 14.0. The molecule has 0 aliphatic carbocycles. The molecule has 0 radical (unpaired) electrons. The van der Waals surface area contributed by atoms with E-state index < -0.39 is 6.04 Å². The lowest BCUT2D eigenvalue weighted by Gasteiger charge is -2.44. The van der Waals surface area contributed by atoms with Crippen molar-refractivity contribution in [1.82, 2.24) is 14.8 Å². The topological polar surface area (TPSA) is 124 Å². The third kappa shape index (κ3) is 5.44. The van der Waals surface area contributed by atoms with Crippen molar-refractivity contribution in [3.63, 3.8) is 0 Å². The lowest BCUT2D eigenvalue weighted by atomic mass is 9.82. The number of aromatic nitrogens is 1. The molecule has 2 aliphatic heterocycles. The Balaban J connectivity index is 1.27. The molecule has 10 heteroatoms. The Hall–Kier alpha value is -4.60. The summed E-state index contributed by atoms with van der Waals surface area (Å²) in [6, 6.07) is 13.1. The molecular formula is C34H37N3O7. The van der Waals surface area contributed by atoms with Crippen LogP contribution in [-0.2, 0) is 22.6 Å². The molecular weight excluding hydrogens is 562 g/mol. The molecule has 44 heavy (non-hydrogen) atoms. The molecule has 6 rings (SSSR count).